The quantitative estimate of drug-likeness (QED) is 0.675. The molecule has 1 saturated carbocycles. The number of aromatic carboxylic acids is 1. The van der Waals surface area contributed by atoms with Crippen LogP contribution in [0.1, 0.15) is 23.2 Å². The fourth-order valence-electron chi connectivity index (χ4n) is 2.42. The summed E-state index contributed by atoms with van der Waals surface area (Å²) in [5.74, 6) is -1.24. The van der Waals surface area contributed by atoms with Crippen molar-refractivity contribution in [2.24, 2.45) is 5.92 Å². The highest BCUT2D eigenvalue weighted by Gasteiger charge is 2.33. The van der Waals surface area contributed by atoms with Gasteiger partial charge in [-0.15, -0.1) is 0 Å². The average molecular weight is 314 g/mol. The molecule has 0 unspecified atom stereocenters. The van der Waals surface area contributed by atoms with Gasteiger partial charge in [0.15, 0.2) is 0 Å². The molecular weight excluding hydrogens is 296 g/mol. The van der Waals surface area contributed by atoms with Crippen LogP contribution in [0.25, 0.3) is 0 Å². The number of nitrogen functional groups attached to an aromatic ring is 1. The van der Waals surface area contributed by atoms with Gasteiger partial charge in [-0.3, -0.25) is 0 Å². The van der Waals surface area contributed by atoms with E-state index in [4.69, 9.17) is 10.8 Å². The normalized spacial score (nSPS) is 22.0. The average Bonchev–Trinajstić information content (AvgIpc) is 2.36. The number of hydrogen-bond acceptors (Lipinski definition) is 5. The molecule has 1 aromatic carbocycles. The molecular formula is C13H18N2O5S. The molecule has 21 heavy (non-hydrogen) atoms. The molecule has 0 amide bonds. The van der Waals surface area contributed by atoms with Crippen LogP contribution in [0.15, 0.2) is 23.1 Å². The van der Waals surface area contributed by atoms with Crippen LogP contribution in [0.4, 0.5) is 5.69 Å². The number of anilines is 1. The summed E-state index contributed by atoms with van der Waals surface area (Å²) >= 11 is 0. The van der Waals surface area contributed by atoms with Crippen LogP contribution in [0.2, 0.25) is 0 Å². The molecule has 8 heteroatoms. The molecule has 0 bridgehead atoms. The van der Waals surface area contributed by atoms with Crippen molar-refractivity contribution >= 4 is 21.7 Å². The monoisotopic (exact) mass is 314 g/mol. The van der Waals surface area contributed by atoms with E-state index in [0.717, 1.165) is 10.4 Å². The van der Waals surface area contributed by atoms with Crippen LogP contribution in [-0.4, -0.2) is 48.6 Å². The number of nitrogens with two attached hydrogens (primary N) is 1. The topological polar surface area (TPSA) is 121 Å². The van der Waals surface area contributed by atoms with Gasteiger partial charge in [-0.25, -0.2) is 17.5 Å². The zero-order valence-corrected chi connectivity index (χ0v) is 12.4. The summed E-state index contributed by atoms with van der Waals surface area (Å²) in [6.45, 7) is 0.253. The van der Waals surface area contributed by atoms with Crippen LogP contribution in [0.3, 0.4) is 0 Å². The fraction of sp³-hybridized carbons (Fsp3) is 0.462. The van der Waals surface area contributed by atoms with Crippen molar-refractivity contribution in [1.29, 1.82) is 0 Å². The first kappa shape index (κ1) is 15.7. The molecule has 0 heterocycles. The molecule has 116 valence electrons. The van der Waals surface area contributed by atoms with Crippen LogP contribution in [-0.2, 0) is 10.0 Å². The van der Waals surface area contributed by atoms with Crippen LogP contribution in [0, 0.1) is 5.92 Å². The number of aliphatic hydroxyl groups is 1. The van der Waals surface area contributed by atoms with Gasteiger partial charge < -0.3 is 15.9 Å². The Balaban J connectivity index is 2.28. The van der Waals surface area contributed by atoms with Crippen molar-refractivity contribution < 1.29 is 23.4 Å². The Bertz CT molecular complexity index is 653. The first-order valence-electron chi connectivity index (χ1n) is 6.49. The number of hydrogen-bond donors (Lipinski definition) is 3. The Morgan fingerprint density at radius 1 is 1.43 bits per heavy atom. The maximum absolute atomic E-state index is 12.5. The molecule has 0 radical (unpaired) electrons. The molecule has 1 aliphatic rings. The van der Waals surface area contributed by atoms with E-state index >= 15 is 0 Å². The Morgan fingerprint density at radius 2 is 2.05 bits per heavy atom. The molecule has 1 aliphatic carbocycles. The van der Waals surface area contributed by atoms with Gasteiger partial charge in [0.25, 0.3) is 0 Å². The molecule has 1 fully saturated rings. The van der Waals surface area contributed by atoms with E-state index in [1.54, 1.807) is 0 Å². The maximum Gasteiger partial charge on any atom is 0.337 e. The van der Waals surface area contributed by atoms with E-state index in [1.807, 2.05) is 0 Å². The van der Waals surface area contributed by atoms with Crippen LogP contribution in [0.5, 0.6) is 0 Å². The summed E-state index contributed by atoms with van der Waals surface area (Å²) < 4.78 is 26.1. The van der Waals surface area contributed by atoms with E-state index in [0.29, 0.717) is 12.8 Å². The van der Waals surface area contributed by atoms with Crippen molar-refractivity contribution in [3.8, 4) is 0 Å². The van der Waals surface area contributed by atoms with E-state index in [9.17, 15) is 18.3 Å². The predicted molar refractivity (Wildman–Crippen MR) is 76.4 cm³/mol. The van der Waals surface area contributed by atoms with E-state index in [1.165, 1.54) is 19.2 Å². The number of aliphatic hydroxyl groups excluding tert-OH is 1. The Labute approximate surface area is 123 Å². The lowest BCUT2D eigenvalue weighted by atomic mass is 9.82. The number of sulfonamides is 1. The summed E-state index contributed by atoms with van der Waals surface area (Å²) in [6, 6.07) is 3.71. The predicted octanol–water partition coefficient (Wildman–Crippen LogP) is 0.358. The van der Waals surface area contributed by atoms with Gasteiger partial charge in [-0.2, -0.15) is 0 Å². The second-order valence-corrected chi connectivity index (χ2v) is 7.35. The molecule has 0 aromatic heterocycles. The van der Waals surface area contributed by atoms with E-state index in [-0.39, 0.29) is 34.7 Å². The van der Waals surface area contributed by atoms with Crippen molar-refractivity contribution in [1.82, 2.24) is 4.31 Å². The molecule has 2 rings (SSSR count). The summed E-state index contributed by atoms with van der Waals surface area (Å²) in [7, 11) is -2.50. The number of nitrogens with zero attached hydrogens (tertiary/aromatic N) is 1. The molecule has 1 aromatic rings. The number of rotatable bonds is 5. The second-order valence-electron chi connectivity index (χ2n) is 5.34. The Kier molecular flexibility index (Phi) is 4.22. The highest BCUT2D eigenvalue weighted by Crippen LogP contribution is 2.30. The summed E-state index contributed by atoms with van der Waals surface area (Å²) in [5, 5.41) is 18.4. The van der Waals surface area contributed by atoms with E-state index < -0.39 is 16.0 Å². The largest absolute Gasteiger partial charge is 0.478 e. The fourth-order valence-corrected chi connectivity index (χ4v) is 3.83. The lowest BCUT2D eigenvalue weighted by Crippen LogP contribution is -2.39. The molecule has 7 nitrogen and oxygen atoms in total. The van der Waals surface area contributed by atoms with Crippen molar-refractivity contribution in [2.45, 2.75) is 23.8 Å². The van der Waals surface area contributed by atoms with Gasteiger partial charge in [0.05, 0.1) is 16.6 Å². The lowest BCUT2D eigenvalue weighted by molar-refractivity contribution is 0.0367. The SMILES string of the molecule is CN(CC1CC(O)C1)S(=O)(=O)c1ccc(N)cc1C(=O)O. The number of carboxylic acids is 1. The van der Waals surface area contributed by atoms with E-state index in [2.05, 4.69) is 0 Å². The van der Waals surface area contributed by atoms with Crippen molar-refractivity contribution in [2.75, 3.05) is 19.3 Å². The van der Waals surface area contributed by atoms with Crippen molar-refractivity contribution in [3.63, 3.8) is 0 Å². The minimum absolute atomic E-state index is 0.0989. The van der Waals surface area contributed by atoms with Gasteiger partial charge in [-0.05, 0) is 37.0 Å². The molecule has 0 atom stereocenters. The summed E-state index contributed by atoms with van der Waals surface area (Å²) in [5.41, 5.74) is 5.37. The number of carbonyl (C=O) groups is 1. The highest BCUT2D eigenvalue weighted by molar-refractivity contribution is 7.89. The minimum atomic E-state index is -3.90. The standard InChI is InChI=1S/C13H18N2O5S/c1-15(7-8-4-10(16)5-8)21(19,20)12-3-2-9(14)6-11(12)13(17)18/h2-3,6,8,10,16H,4-5,7,14H2,1H3,(H,17,18). The number of carboxylic acid groups (broad SMARTS) is 1. The number of benzene rings is 1. The van der Waals surface area contributed by atoms with Gasteiger partial charge in [0.1, 0.15) is 0 Å². The lowest BCUT2D eigenvalue weighted by Gasteiger charge is -2.34. The zero-order chi connectivity index (χ0) is 15.8. The highest BCUT2D eigenvalue weighted by atomic mass is 32.2. The minimum Gasteiger partial charge on any atom is -0.478 e. The van der Waals surface area contributed by atoms with Gasteiger partial charge in [0.2, 0.25) is 10.0 Å². The Morgan fingerprint density at radius 3 is 2.57 bits per heavy atom. The van der Waals surface area contributed by atoms with Gasteiger partial charge in [0, 0.05) is 19.3 Å². The summed E-state index contributed by atoms with van der Waals surface area (Å²) in [6.07, 6.45) is 0.762. The third kappa shape index (κ3) is 3.17. The first-order valence-corrected chi connectivity index (χ1v) is 7.93. The van der Waals surface area contributed by atoms with Crippen molar-refractivity contribution in [3.05, 3.63) is 23.8 Å². The third-order valence-electron chi connectivity index (χ3n) is 3.65. The Hall–Kier alpha value is -1.64. The first-order chi connectivity index (χ1) is 9.71. The van der Waals surface area contributed by atoms with Crippen LogP contribution < -0.4 is 5.73 Å². The van der Waals surface area contributed by atoms with Crippen LogP contribution >= 0.6 is 0 Å². The smallest absolute Gasteiger partial charge is 0.337 e. The van der Waals surface area contributed by atoms with Gasteiger partial charge >= 0.3 is 5.97 Å². The summed E-state index contributed by atoms with van der Waals surface area (Å²) in [4.78, 5) is 10.9. The maximum atomic E-state index is 12.5. The molecule has 0 aliphatic heterocycles. The molecule has 4 N–H and O–H groups in total. The second kappa shape index (κ2) is 5.63. The van der Waals surface area contributed by atoms with Gasteiger partial charge in [-0.1, -0.05) is 0 Å². The zero-order valence-electron chi connectivity index (χ0n) is 11.6. The third-order valence-corrected chi connectivity index (χ3v) is 5.53. The molecule has 0 saturated heterocycles. The molecule has 0 spiro atoms.